The molecule has 0 bridgehead atoms. The fourth-order valence-corrected chi connectivity index (χ4v) is 2.95. The van der Waals surface area contributed by atoms with Crippen LogP contribution in [0.25, 0.3) is 28.7 Å². The number of fused-ring (bicyclic) bond motifs is 1. The Labute approximate surface area is 125 Å². The van der Waals surface area contributed by atoms with Crippen LogP contribution in [0.4, 0.5) is 0 Å². The van der Waals surface area contributed by atoms with Gasteiger partial charge in [0.1, 0.15) is 0 Å². The molecule has 0 aliphatic rings. The van der Waals surface area contributed by atoms with Crippen molar-refractivity contribution < 1.29 is 0 Å². The summed E-state index contributed by atoms with van der Waals surface area (Å²) in [4.78, 5) is 0. The second kappa shape index (κ2) is 5.45. The van der Waals surface area contributed by atoms with Crippen molar-refractivity contribution in [1.29, 1.82) is 0 Å². The number of para-hydroxylation sites is 1. The van der Waals surface area contributed by atoms with Gasteiger partial charge >= 0.3 is 0 Å². The van der Waals surface area contributed by atoms with E-state index in [1.54, 1.807) is 0 Å². The maximum Gasteiger partial charge on any atom is 0.0543 e. The minimum absolute atomic E-state index is 1.18. The number of aryl methyl sites for hydroxylation is 1. The van der Waals surface area contributed by atoms with Gasteiger partial charge in [0.25, 0.3) is 0 Å². The molecule has 0 N–H and O–H groups in total. The summed E-state index contributed by atoms with van der Waals surface area (Å²) in [5, 5.41) is 1.28. The van der Waals surface area contributed by atoms with Gasteiger partial charge in [-0.2, -0.15) is 0 Å². The molecule has 1 aromatic heterocycles. The zero-order chi connectivity index (χ0) is 14.8. The lowest BCUT2D eigenvalue weighted by atomic mass is 10.1. The lowest BCUT2D eigenvalue weighted by Gasteiger charge is -2.09. The number of aromatic nitrogens is 1. The van der Waals surface area contributed by atoms with Crippen molar-refractivity contribution in [2.45, 2.75) is 13.8 Å². The number of nitrogens with zero attached hydrogens (tertiary/aromatic N) is 1. The molecule has 0 atom stereocenters. The van der Waals surface area contributed by atoms with Crippen LogP contribution in [0.5, 0.6) is 0 Å². The van der Waals surface area contributed by atoms with Crippen molar-refractivity contribution in [2.75, 3.05) is 0 Å². The first-order valence-electron chi connectivity index (χ1n) is 7.22. The molecule has 0 saturated carbocycles. The smallest absolute Gasteiger partial charge is 0.0543 e. The van der Waals surface area contributed by atoms with Crippen LogP contribution in [-0.2, 0) is 0 Å². The van der Waals surface area contributed by atoms with E-state index in [4.69, 9.17) is 0 Å². The molecule has 3 aromatic rings. The lowest BCUT2D eigenvalue weighted by Crippen LogP contribution is -1.96. The van der Waals surface area contributed by atoms with Gasteiger partial charge in [-0.05, 0) is 43.7 Å². The van der Waals surface area contributed by atoms with Crippen molar-refractivity contribution in [3.63, 3.8) is 0 Å². The highest BCUT2D eigenvalue weighted by atomic mass is 15.0. The van der Waals surface area contributed by atoms with E-state index in [1.807, 2.05) is 19.1 Å². The topological polar surface area (TPSA) is 4.93 Å². The van der Waals surface area contributed by atoms with Crippen LogP contribution in [0.2, 0.25) is 0 Å². The monoisotopic (exact) mass is 273 g/mol. The minimum atomic E-state index is 1.18. The van der Waals surface area contributed by atoms with E-state index < -0.39 is 0 Å². The molecule has 0 saturated heterocycles. The first-order valence-corrected chi connectivity index (χ1v) is 7.22. The lowest BCUT2D eigenvalue weighted by molar-refractivity contribution is 1.10. The Balaban J connectivity index is 2.50. The van der Waals surface area contributed by atoms with Gasteiger partial charge in [0.05, 0.1) is 11.2 Å². The summed E-state index contributed by atoms with van der Waals surface area (Å²) < 4.78 is 2.30. The number of hydrogen-bond acceptors (Lipinski definition) is 0. The summed E-state index contributed by atoms with van der Waals surface area (Å²) in [5.74, 6) is 0. The average molecular weight is 273 g/mol. The van der Waals surface area contributed by atoms with Gasteiger partial charge in [-0.15, -0.1) is 0 Å². The molecule has 0 spiro atoms. The van der Waals surface area contributed by atoms with Gasteiger partial charge in [0.2, 0.25) is 0 Å². The molecule has 1 heteroatoms. The minimum Gasteiger partial charge on any atom is -0.309 e. The molecule has 1 heterocycles. The highest BCUT2D eigenvalue weighted by molar-refractivity contribution is 5.97. The third-order valence-corrected chi connectivity index (χ3v) is 3.82. The largest absolute Gasteiger partial charge is 0.309 e. The van der Waals surface area contributed by atoms with Crippen LogP contribution in [0.1, 0.15) is 23.7 Å². The standard InChI is InChI=1S/C20H19N/c1-4-10-18-17(5-2)20-15(3)11-9-14-19(20)21(18)16-12-7-6-8-13-16/h4-14H,2H2,1,3H3/b10-4-. The van der Waals surface area contributed by atoms with Crippen LogP contribution in [0.15, 0.2) is 61.2 Å². The molecular formula is C20H19N. The number of rotatable bonds is 3. The van der Waals surface area contributed by atoms with Crippen molar-refractivity contribution >= 4 is 23.1 Å². The summed E-state index contributed by atoms with van der Waals surface area (Å²) in [6.45, 7) is 8.23. The van der Waals surface area contributed by atoms with E-state index in [0.717, 1.165) is 0 Å². The number of hydrogen-bond donors (Lipinski definition) is 0. The van der Waals surface area contributed by atoms with Crippen LogP contribution in [0.3, 0.4) is 0 Å². The third kappa shape index (κ3) is 2.11. The van der Waals surface area contributed by atoms with E-state index >= 15 is 0 Å². The SMILES string of the molecule is C=Cc1c(/C=C\C)n(-c2ccccc2)c2cccc(C)c12. The fourth-order valence-electron chi connectivity index (χ4n) is 2.95. The summed E-state index contributed by atoms with van der Waals surface area (Å²) in [7, 11) is 0. The van der Waals surface area contributed by atoms with Gasteiger partial charge in [0, 0.05) is 16.6 Å². The molecule has 1 nitrogen and oxygen atoms in total. The maximum absolute atomic E-state index is 4.02. The first-order chi connectivity index (χ1) is 10.3. The Morgan fingerprint density at radius 2 is 1.76 bits per heavy atom. The van der Waals surface area contributed by atoms with Gasteiger partial charge in [0.15, 0.2) is 0 Å². The van der Waals surface area contributed by atoms with Crippen molar-refractivity contribution in [1.82, 2.24) is 4.57 Å². The predicted octanol–water partition coefficient (Wildman–Crippen LogP) is 5.62. The van der Waals surface area contributed by atoms with Crippen molar-refractivity contribution in [3.8, 4) is 5.69 Å². The van der Waals surface area contributed by atoms with Crippen LogP contribution < -0.4 is 0 Å². The van der Waals surface area contributed by atoms with E-state index in [0.29, 0.717) is 0 Å². The molecule has 21 heavy (non-hydrogen) atoms. The molecule has 0 aliphatic carbocycles. The Bertz CT molecular complexity index is 820. The quantitative estimate of drug-likeness (QED) is 0.584. The number of allylic oxidation sites excluding steroid dienone is 1. The van der Waals surface area contributed by atoms with Crippen LogP contribution in [-0.4, -0.2) is 4.57 Å². The zero-order valence-electron chi connectivity index (χ0n) is 12.5. The predicted molar refractivity (Wildman–Crippen MR) is 92.8 cm³/mol. The zero-order valence-corrected chi connectivity index (χ0v) is 12.5. The Hall–Kier alpha value is -2.54. The van der Waals surface area contributed by atoms with Crippen LogP contribution >= 0.6 is 0 Å². The Morgan fingerprint density at radius 3 is 2.43 bits per heavy atom. The molecule has 0 unspecified atom stereocenters. The van der Waals surface area contributed by atoms with E-state index in [1.165, 1.54) is 33.4 Å². The van der Waals surface area contributed by atoms with Gasteiger partial charge in [-0.3, -0.25) is 0 Å². The van der Waals surface area contributed by atoms with Crippen molar-refractivity contribution in [2.24, 2.45) is 0 Å². The fraction of sp³-hybridized carbons (Fsp3) is 0.100. The maximum atomic E-state index is 4.02. The second-order valence-electron chi connectivity index (χ2n) is 5.14. The normalized spacial score (nSPS) is 11.3. The highest BCUT2D eigenvalue weighted by Crippen LogP contribution is 2.33. The summed E-state index contributed by atoms with van der Waals surface area (Å²) in [5.41, 5.74) is 6.06. The second-order valence-corrected chi connectivity index (χ2v) is 5.14. The molecule has 0 fully saturated rings. The molecule has 0 radical (unpaired) electrons. The molecule has 0 aliphatic heterocycles. The average Bonchev–Trinajstić information content (AvgIpc) is 2.83. The summed E-state index contributed by atoms with van der Waals surface area (Å²) in [6.07, 6.45) is 6.20. The molecule has 0 amide bonds. The van der Waals surface area contributed by atoms with Crippen LogP contribution in [0, 0.1) is 6.92 Å². The first kappa shape index (κ1) is 13.4. The van der Waals surface area contributed by atoms with E-state index in [2.05, 4.69) is 72.7 Å². The van der Waals surface area contributed by atoms with Gasteiger partial charge in [-0.1, -0.05) is 49.1 Å². The molecule has 3 rings (SSSR count). The van der Waals surface area contributed by atoms with Crippen molar-refractivity contribution in [3.05, 3.63) is 78.0 Å². The Morgan fingerprint density at radius 1 is 1.00 bits per heavy atom. The number of benzene rings is 2. The molecule has 2 aromatic carbocycles. The molecule has 104 valence electrons. The third-order valence-electron chi connectivity index (χ3n) is 3.82. The van der Waals surface area contributed by atoms with E-state index in [-0.39, 0.29) is 0 Å². The molecular weight excluding hydrogens is 254 g/mol. The Kier molecular flexibility index (Phi) is 3.49. The summed E-state index contributed by atoms with van der Waals surface area (Å²) >= 11 is 0. The van der Waals surface area contributed by atoms with Gasteiger partial charge < -0.3 is 4.57 Å². The van der Waals surface area contributed by atoms with Gasteiger partial charge in [-0.25, -0.2) is 0 Å². The highest BCUT2D eigenvalue weighted by Gasteiger charge is 2.15. The summed E-state index contributed by atoms with van der Waals surface area (Å²) in [6, 6.07) is 16.9. The van der Waals surface area contributed by atoms with E-state index in [9.17, 15) is 0 Å².